The predicted molar refractivity (Wildman–Crippen MR) is 88.4 cm³/mol. The molecule has 0 saturated heterocycles. The largest absolute Gasteiger partial charge is 0.496 e. The minimum Gasteiger partial charge on any atom is -0.496 e. The van der Waals surface area contributed by atoms with Crippen molar-refractivity contribution in [1.82, 2.24) is 0 Å². The minimum absolute atomic E-state index is 0.141. The summed E-state index contributed by atoms with van der Waals surface area (Å²) >= 11 is 0. The number of methoxy groups -OCH3 is 1. The highest BCUT2D eigenvalue weighted by molar-refractivity contribution is 7.65. The molecular weight excluding hydrogens is 251 g/mol. The van der Waals surface area contributed by atoms with Crippen LogP contribution in [0.15, 0.2) is 18.2 Å². The number of rotatable bonds is 6. The molecule has 1 nitrogen and oxygen atoms in total. The smallest absolute Gasteiger partial charge is 0.126 e. The molecule has 0 bridgehead atoms. The first-order valence-electron chi connectivity index (χ1n) is 7.25. The zero-order chi connectivity index (χ0) is 14.5. The number of aryl methyl sites for hydroxylation is 1. The van der Waals surface area contributed by atoms with Gasteiger partial charge in [0.1, 0.15) is 5.75 Å². The van der Waals surface area contributed by atoms with Crippen LogP contribution in [0.3, 0.4) is 0 Å². The fourth-order valence-corrected chi connectivity index (χ4v) is 4.82. The zero-order valence-electron chi connectivity index (χ0n) is 13.4. The monoisotopic (exact) mass is 280 g/mol. The van der Waals surface area contributed by atoms with E-state index in [0.29, 0.717) is 5.41 Å². The van der Waals surface area contributed by atoms with E-state index in [1.54, 1.807) is 7.11 Å². The normalized spacial score (nSPS) is 13.4. The van der Waals surface area contributed by atoms with Crippen LogP contribution in [0.4, 0.5) is 0 Å². The van der Waals surface area contributed by atoms with Gasteiger partial charge in [-0.25, -0.2) is 0 Å². The Labute approximate surface area is 120 Å². The summed E-state index contributed by atoms with van der Waals surface area (Å²) in [7, 11) is 1.65. The van der Waals surface area contributed by atoms with Gasteiger partial charge in [-0.05, 0) is 42.7 Å². The van der Waals surface area contributed by atoms with Crippen LogP contribution >= 0.6 is 7.92 Å². The lowest BCUT2D eigenvalue weighted by Crippen LogP contribution is -2.16. The molecule has 0 spiro atoms. The summed E-state index contributed by atoms with van der Waals surface area (Å²) in [5.41, 5.74) is 1.79. The molecule has 1 unspecified atom stereocenters. The molecule has 1 aromatic carbocycles. The maximum absolute atomic E-state index is 5.62. The molecule has 2 heteroatoms. The highest BCUT2D eigenvalue weighted by Gasteiger charge is 2.19. The standard InChI is InChI=1S/C17H29OP/c1-7-8-9-14-10-11-16(15(12-14)18-5)19(6)13-17(2,3)4/h10-12H,7-9,13H2,1-6H3. The van der Waals surface area contributed by atoms with Crippen molar-refractivity contribution in [2.24, 2.45) is 5.41 Å². The molecule has 0 fully saturated rings. The quantitative estimate of drug-likeness (QED) is 0.679. The molecule has 1 atom stereocenters. The topological polar surface area (TPSA) is 9.23 Å². The molecule has 0 saturated carbocycles. The number of ether oxygens (including phenoxy) is 1. The lowest BCUT2D eigenvalue weighted by molar-refractivity contribution is 0.417. The molecule has 0 amide bonds. The van der Waals surface area contributed by atoms with Gasteiger partial charge in [0, 0.05) is 5.30 Å². The molecule has 0 aromatic heterocycles. The van der Waals surface area contributed by atoms with Crippen molar-refractivity contribution in [2.75, 3.05) is 19.9 Å². The van der Waals surface area contributed by atoms with Crippen LogP contribution in [0.1, 0.15) is 46.1 Å². The van der Waals surface area contributed by atoms with E-state index in [4.69, 9.17) is 4.74 Å². The van der Waals surface area contributed by atoms with Crippen molar-refractivity contribution >= 4 is 13.2 Å². The lowest BCUT2D eigenvalue weighted by Gasteiger charge is -2.25. The molecule has 0 radical (unpaired) electrons. The summed E-state index contributed by atoms with van der Waals surface area (Å²) in [6.45, 7) is 11.5. The molecule has 108 valence electrons. The molecule has 1 rings (SSSR count). The molecule has 0 aliphatic rings. The van der Waals surface area contributed by atoms with Crippen LogP contribution in [0.5, 0.6) is 5.75 Å². The van der Waals surface area contributed by atoms with Gasteiger partial charge in [-0.15, -0.1) is 0 Å². The van der Waals surface area contributed by atoms with Crippen LogP contribution in [-0.2, 0) is 6.42 Å². The highest BCUT2D eigenvalue weighted by Crippen LogP contribution is 2.40. The summed E-state index contributed by atoms with van der Waals surface area (Å²) in [6, 6.07) is 6.82. The Morgan fingerprint density at radius 3 is 2.42 bits per heavy atom. The SMILES string of the molecule is CCCCc1ccc(P(C)CC(C)(C)C)c(OC)c1. The molecule has 0 heterocycles. The number of hydrogen-bond acceptors (Lipinski definition) is 1. The summed E-state index contributed by atoms with van der Waals surface area (Å²) < 4.78 is 5.62. The summed E-state index contributed by atoms with van der Waals surface area (Å²) in [5, 5.41) is 1.41. The van der Waals surface area contributed by atoms with E-state index in [-0.39, 0.29) is 7.92 Å². The predicted octanol–water partition coefficient (Wildman–Crippen LogP) is 4.82. The summed E-state index contributed by atoms with van der Waals surface area (Å²) in [6.07, 6.45) is 4.90. The third-order valence-electron chi connectivity index (χ3n) is 3.19. The molecule has 0 aliphatic heterocycles. The summed E-state index contributed by atoms with van der Waals surface area (Å²) in [5.74, 6) is 1.09. The Kier molecular flexibility index (Phi) is 6.33. The molecule has 0 aliphatic carbocycles. The Hall–Kier alpha value is -0.550. The van der Waals surface area contributed by atoms with Crippen LogP contribution in [-0.4, -0.2) is 19.9 Å². The zero-order valence-corrected chi connectivity index (χ0v) is 14.3. The summed E-state index contributed by atoms with van der Waals surface area (Å²) in [4.78, 5) is 0. The first-order valence-corrected chi connectivity index (χ1v) is 9.23. The molecule has 19 heavy (non-hydrogen) atoms. The Bertz CT molecular complexity index is 393. The van der Waals surface area contributed by atoms with E-state index >= 15 is 0 Å². The van der Waals surface area contributed by atoms with E-state index in [0.717, 1.165) is 12.2 Å². The highest BCUT2D eigenvalue weighted by atomic mass is 31.1. The van der Waals surface area contributed by atoms with Crippen LogP contribution < -0.4 is 10.0 Å². The minimum atomic E-state index is -0.141. The van der Waals surface area contributed by atoms with E-state index in [9.17, 15) is 0 Å². The van der Waals surface area contributed by atoms with Gasteiger partial charge in [0.2, 0.25) is 0 Å². The third-order valence-corrected chi connectivity index (χ3v) is 5.80. The number of unbranched alkanes of at least 4 members (excludes halogenated alkanes) is 1. The fraction of sp³-hybridized carbons (Fsp3) is 0.647. The van der Waals surface area contributed by atoms with E-state index in [1.165, 1.54) is 29.9 Å². The average molecular weight is 280 g/mol. The van der Waals surface area contributed by atoms with Crippen molar-refractivity contribution in [3.05, 3.63) is 23.8 Å². The lowest BCUT2D eigenvalue weighted by atomic mass is 10.0. The van der Waals surface area contributed by atoms with Crippen molar-refractivity contribution in [2.45, 2.75) is 47.0 Å². The van der Waals surface area contributed by atoms with Gasteiger partial charge in [-0.1, -0.05) is 54.2 Å². The van der Waals surface area contributed by atoms with E-state index < -0.39 is 0 Å². The molecule has 1 aromatic rings. The second-order valence-corrected chi connectivity index (χ2v) is 8.72. The maximum Gasteiger partial charge on any atom is 0.126 e. The second kappa shape index (κ2) is 7.29. The molecule has 0 N–H and O–H groups in total. The first kappa shape index (κ1) is 16.5. The van der Waals surface area contributed by atoms with Crippen molar-refractivity contribution in [1.29, 1.82) is 0 Å². The van der Waals surface area contributed by atoms with Crippen LogP contribution in [0.2, 0.25) is 0 Å². The van der Waals surface area contributed by atoms with Gasteiger partial charge in [0.25, 0.3) is 0 Å². The van der Waals surface area contributed by atoms with Gasteiger partial charge < -0.3 is 4.74 Å². The number of hydrogen-bond donors (Lipinski definition) is 0. The Morgan fingerprint density at radius 2 is 1.89 bits per heavy atom. The molecular formula is C17H29OP. The second-order valence-electron chi connectivity index (χ2n) is 6.53. The van der Waals surface area contributed by atoms with Gasteiger partial charge in [0.05, 0.1) is 7.11 Å². The Morgan fingerprint density at radius 1 is 1.21 bits per heavy atom. The van der Waals surface area contributed by atoms with Gasteiger partial charge in [-0.2, -0.15) is 0 Å². The van der Waals surface area contributed by atoms with E-state index in [2.05, 4.69) is 52.6 Å². The fourth-order valence-electron chi connectivity index (χ4n) is 2.37. The van der Waals surface area contributed by atoms with Crippen molar-refractivity contribution < 1.29 is 4.74 Å². The maximum atomic E-state index is 5.62. The third kappa shape index (κ3) is 5.53. The van der Waals surface area contributed by atoms with Gasteiger partial charge in [0.15, 0.2) is 0 Å². The first-order chi connectivity index (χ1) is 8.87. The van der Waals surface area contributed by atoms with Crippen LogP contribution in [0, 0.1) is 5.41 Å². The van der Waals surface area contributed by atoms with Crippen molar-refractivity contribution in [3.8, 4) is 5.75 Å². The number of benzene rings is 1. The van der Waals surface area contributed by atoms with Gasteiger partial charge in [-0.3, -0.25) is 0 Å². The Balaban J connectivity index is 2.89. The van der Waals surface area contributed by atoms with Gasteiger partial charge >= 0.3 is 0 Å². The van der Waals surface area contributed by atoms with E-state index in [1.807, 2.05) is 0 Å². The van der Waals surface area contributed by atoms with Crippen molar-refractivity contribution in [3.63, 3.8) is 0 Å². The average Bonchev–Trinajstić information content (AvgIpc) is 2.33. The van der Waals surface area contributed by atoms with Crippen LogP contribution in [0.25, 0.3) is 0 Å².